The van der Waals surface area contributed by atoms with Crippen molar-refractivity contribution in [3.8, 4) is 0 Å². The largest absolute Gasteiger partial charge is 0.379 e. The van der Waals surface area contributed by atoms with Crippen LogP contribution in [0.15, 0.2) is 24.5 Å². The highest BCUT2D eigenvalue weighted by Gasteiger charge is 2.48. The van der Waals surface area contributed by atoms with Crippen molar-refractivity contribution in [3.63, 3.8) is 0 Å². The zero-order chi connectivity index (χ0) is 15.5. The fourth-order valence-electron chi connectivity index (χ4n) is 3.13. The molecule has 2 fully saturated rings. The van der Waals surface area contributed by atoms with E-state index in [2.05, 4.69) is 10.3 Å². The summed E-state index contributed by atoms with van der Waals surface area (Å²) >= 11 is 0. The summed E-state index contributed by atoms with van der Waals surface area (Å²) in [4.78, 5) is 18.3. The molecule has 0 unspecified atom stereocenters. The molecule has 0 radical (unpaired) electrons. The Morgan fingerprint density at radius 2 is 2.41 bits per heavy atom. The number of carbonyl (C=O) groups is 1. The van der Waals surface area contributed by atoms with Gasteiger partial charge in [0.1, 0.15) is 0 Å². The van der Waals surface area contributed by atoms with Gasteiger partial charge in [0.2, 0.25) is 0 Å². The summed E-state index contributed by atoms with van der Waals surface area (Å²) in [5.41, 5.74) is 1.04. The van der Waals surface area contributed by atoms with Gasteiger partial charge < -0.3 is 19.7 Å². The molecule has 0 spiro atoms. The fraction of sp³-hybridized carbons (Fsp3) is 0.625. The van der Waals surface area contributed by atoms with Crippen LogP contribution < -0.4 is 5.32 Å². The van der Waals surface area contributed by atoms with E-state index in [4.69, 9.17) is 9.47 Å². The average Bonchev–Trinajstić information content (AvgIpc) is 3.08. The lowest BCUT2D eigenvalue weighted by atomic mass is 10.0. The lowest BCUT2D eigenvalue weighted by Gasteiger charge is -2.24. The standard InChI is InChI=1S/C16H23N3O3/c1-11(2)18-16(20)19-7-15(13-9-21-10-14(13)19)22-8-12-4-3-5-17-6-12/h3-6,11,13-15H,7-10H2,1-2H3,(H,18,20)/t13-,14+,15-/m0/s1. The molecular weight excluding hydrogens is 282 g/mol. The Morgan fingerprint density at radius 1 is 1.55 bits per heavy atom. The number of rotatable bonds is 4. The normalized spacial score (nSPS) is 27.2. The number of hydrogen-bond donors (Lipinski definition) is 1. The maximum atomic E-state index is 12.3. The van der Waals surface area contributed by atoms with Gasteiger partial charge in [0.25, 0.3) is 0 Å². The van der Waals surface area contributed by atoms with Crippen molar-refractivity contribution in [1.29, 1.82) is 0 Å². The Bertz CT molecular complexity index is 509. The van der Waals surface area contributed by atoms with Crippen molar-refractivity contribution in [2.24, 2.45) is 5.92 Å². The molecule has 2 amide bonds. The van der Waals surface area contributed by atoms with E-state index in [0.29, 0.717) is 26.4 Å². The second-order valence-electron chi connectivity index (χ2n) is 6.24. The number of hydrogen-bond acceptors (Lipinski definition) is 4. The van der Waals surface area contributed by atoms with E-state index in [1.54, 1.807) is 12.4 Å². The first-order valence-electron chi connectivity index (χ1n) is 7.80. The van der Waals surface area contributed by atoms with Crippen LogP contribution in [0, 0.1) is 5.92 Å². The van der Waals surface area contributed by atoms with Crippen LogP contribution >= 0.6 is 0 Å². The molecule has 1 N–H and O–H groups in total. The molecule has 2 saturated heterocycles. The van der Waals surface area contributed by atoms with Crippen molar-refractivity contribution in [2.45, 2.75) is 38.6 Å². The van der Waals surface area contributed by atoms with Gasteiger partial charge in [0.05, 0.1) is 32.0 Å². The Balaban J connectivity index is 1.62. The number of amides is 2. The Labute approximate surface area is 130 Å². The molecule has 0 aliphatic carbocycles. The number of likely N-dealkylation sites (tertiary alicyclic amines) is 1. The topological polar surface area (TPSA) is 63.7 Å². The molecule has 22 heavy (non-hydrogen) atoms. The van der Waals surface area contributed by atoms with Crippen molar-refractivity contribution in [1.82, 2.24) is 15.2 Å². The van der Waals surface area contributed by atoms with Crippen LogP contribution in [0.5, 0.6) is 0 Å². The van der Waals surface area contributed by atoms with E-state index in [-0.39, 0.29) is 30.1 Å². The SMILES string of the molecule is CC(C)NC(=O)N1C[C@H](OCc2cccnc2)[C@H]2COC[C@H]21. The van der Waals surface area contributed by atoms with E-state index in [1.165, 1.54) is 0 Å². The van der Waals surface area contributed by atoms with Crippen LogP contribution in [0.1, 0.15) is 19.4 Å². The number of carbonyl (C=O) groups excluding carboxylic acids is 1. The molecule has 3 atom stereocenters. The second kappa shape index (κ2) is 6.62. The third-order valence-corrected chi connectivity index (χ3v) is 4.21. The predicted octanol–water partition coefficient (Wildman–Crippen LogP) is 1.42. The van der Waals surface area contributed by atoms with E-state index in [0.717, 1.165) is 5.56 Å². The quantitative estimate of drug-likeness (QED) is 0.913. The molecule has 120 valence electrons. The van der Waals surface area contributed by atoms with E-state index >= 15 is 0 Å². The van der Waals surface area contributed by atoms with Gasteiger partial charge in [-0.25, -0.2) is 4.79 Å². The van der Waals surface area contributed by atoms with Crippen LogP contribution in [0.2, 0.25) is 0 Å². The van der Waals surface area contributed by atoms with Gasteiger partial charge in [-0.05, 0) is 25.5 Å². The van der Waals surface area contributed by atoms with Crippen LogP contribution in [-0.2, 0) is 16.1 Å². The van der Waals surface area contributed by atoms with Gasteiger partial charge >= 0.3 is 6.03 Å². The number of nitrogens with one attached hydrogen (secondary N) is 1. The number of fused-ring (bicyclic) bond motifs is 1. The molecule has 2 aliphatic rings. The van der Waals surface area contributed by atoms with Crippen LogP contribution in [-0.4, -0.2) is 53.9 Å². The highest BCUT2D eigenvalue weighted by molar-refractivity contribution is 5.75. The Hall–Kier alpha value is -1.66. The number of urea groups is 1. The summed E-state index contributed by atoms with van der Waals surface area (Å²) in [7, 11) is 0. The molecular formula is C16H23N3O3. The van der Waals surface area contributed by atoms with Crippen molar-refractivity contribution >= 4 is 6.03 Å². The van der Waals surface area contributed by atoms with E-state index < -0.39 is 0 Å². The second-order valence-corrected chi connectivity index (χ2v) is 6.24. The molecule has 6 heteroatoms. The number of nitrogens with zero attached hydrogens (tertiary/aromatic N) is 2. The van der Waals surface area contributed by atoms with Crippen molar-refractivity contribution in [3.05, 3.63) is 30.1 Å². The average molecular weight is 305 g/mol. The fourth-order valence-corrected chi connectivity index (χ4v) is 3.13. The molecule has 1 aromatic heterocycles. The van der Waals surface area contributed by atoms with Gasteiger partial charge in [-0.3, -0.25) is 4.98 Å². The first-order valence-corrected chi connectivity index (χ1v) is 7.80. The van der Waals surface area contributed by atoms with Crippen LogP contribution in [0.4, 0.5) is 4.79 Å². The molecule has 1 aromatic rings. The summed E-state index contributed by atoms with van der Waals surface area (Å²) in [6, 6.07) is 4.12. The van der Waals surface area contributed by atoms with Gasteiger partial charge in [-0.2, -0.15) is 0 Å². The summed E-state index contributed by atoms with van der Waals surface area (Å²) in [5, 5.41) is 2.96. The molecule has 0 aromatic carbocycles. The highest BCUT2D eigenvalue weighted by atomic mass is 16.5. The first kappa shape index (κ1) is 15.2. The lowest BCUT2D eigenvalue weighted by molar-refractivity contribution is 0.0110. The predicted molar refractivity (Wildman–Crippen MR) is 81.3 cm³/mol. The monoisotopic (exact) mass is 305 g/mol. The Kier molecular flexibility index (Phi) is 4.59. The maximum absolute atomic E-state index is 12.3. The van der Waals surface area contributed by atoms with Crippen molar-refractivity contribution < 1.29 is 14.3 Å². The number of pyridine rings is 1. The third-order valence-electron chi connectivity index (χ3n) is 4.21. The minimum atomic E-state index is -0.0250. The van der Waals surface area contributed by atoms with E-state index in [9.17, 15) is 4.79 Å². The molecule has 2 aliphatic heterocycles. The van der Waals surface area contributed by atoms with Crippen LogP contribution in [0.25, 0.3) is 0 Å². The molecule has 3 rings (SSSR count). The first-order chi connectivity index (χ1) is 10.6. The summed E-state index contributed by atoms with van der Waals surface area (Å²) in [6.07, 6.45) is 3.57. The summed E-state index contributed by atoms with van der Waals surface area (Å²) in [5.74, 6) is 0.259. The van der Waals surface area contributed by atoms with Gasteiger partial charge in [0, 0.05) is 30.9 Å². The van der Waals surface area contributed by atoms with E-state index in [1.807, 2.05) is 30.9 Å². The van der Waals surface area contributed by atoms with Crippen LogP contribution in [0.3, 0.4) is 0 Å². The van der Waals surface area contributed by atoms with Crippen molar-refractivity contribution in [2.75, 3.05) is 19.8 Å². The molecule has 0 bridgehead atoms. The van der Waals surface area contributed by atoms with Gasteiger partial charge in [-0.1, -0.05) is 6.07 Å². The maximum Gasteiger partial charge on any atom is 0.318 e. The zero-order valence-corrected chi connectivity index (χ0v) is 13.1. The van der Waals surface area contributed by atoms with Gasteiger partial charge in [-0.15, -0.1) is 0 Å². The smallest absolute Gasteiger partial charge is 0.318 e. The number of ether oxygens (including phenoxy) is 2. The minimum Gasteiger partial charge on any atom is -0.379 e. The molecule has 3 heterocycles. The zero-order valence-electron chi connectivity index (χ0n) is 13.1. The lowest BCUT2D eigenvalue weighted by Crippen LogP contribution is -2.46. The number of aromatic nitrogens is 1. The highest BCUT2D eigenvalue weighted by Crippen LogP contribution is 2.32. The summed E-state index contributed by atoms with van der Waals surface area (Å²) < 4.78 is 11.6. The van der Waals surface area contributed by atoms with Gasteiger partial charge in [0.15, 0.2) is 0 Å². The minimum absolute atomic E-state index is 0.0191. The molecule has 0 saturated carbocycles. The Morgan fingerprint density at radius 3 is 3.14 bits per heavy atom. The summed E-state index contributed by atoms with van der Waals surface area (Å²) in [6.45, 7) is 6.33. The third kappa shape index (κ3) is 3.23. The molecule has 6 nitrogen and oxygen atoms in total.